The summed E-state index contributed by atoms with van der Waals surface area (Å²) in [4.78, 5) is 1.50. The summed E-state index contributed by atoms with van der Waals surface area (Å²) in [5.41, 5.74) is 4.25. The quantitative estimate of drug-likeness (QED) is 0.838. The Morgan fingerprint density at radius 3 is 3.06 bits per heavy atom. The molecule has 2 heterocycles. The molecule has 1 unspecified atom stereocenters. The lowest BCUT2D eigenvalue weighted by Crippen LogP contribution is -2.20. The Balaban J connectivity index is 1.89. The van der Waals surface area contributed by atoms with E-state index in [1.807, 2.05) is 11.3 Å². The number of nitrogens with one attached hydrogen (secondary N) is 1. The van der Waals surface area contributed by atoms with Crippen molar-refractivity contribution in [3.63, 3.8) is 0 Å². The fraction of sp³-hybridized carbons (Fsp3) is 0.333. The highest BCUT2D eigenvalue weighted by Crippen LogP contribution is 2.33. The van der Waals surface area contributed by atoms with Crippen molar-refractivity contribution >= 4 is 17.0 Å². The first-order valence-corrected chi connectivity index (χ1v) is 7.14. The van der Waals surface area contributed by atoms with E-state index in [4.69, 9.17) is 0 Å². The van der Waals surface area contributed by atoms with Crippen molar-refractivity contribution in [2.75, 3.05) is 11.9 Å². The van der Waals surface area contributed by atoms with E-state index in [1.165, 1.54) is 28.1 Å². The van der Waals surface area contributed by atoms with Crippen LogP contribution in [0.1, 0.15) is 28.8 Å². The molecule has 0 fully saturated rings. The molecule has 1 aromatic carbocycles. The number of thiophene rings is 1. The normalized spacial score (nSPS) is 18.5. The minimum Gasteiger partial charge on any atom is -0.384 e. The summed E-state index contributed by atoms with van der Waals surface area (Å²) in [6.45, 7) is 3.29. The third-order valence-electron chi connectivity index (χ3n) is 3.53. The van der Waals surface area contributed by atoms with Crippen LogP contribution in [0.25, 0.3) is 0 Å². The maximum atomic E-state index is 3.56. The first kappa shape index (κ1) is 10.8. The van der Waals surface area contributed by atoms with E-state index in [0.29, 0.717) is 5.92 Å². The van der Waals surface area contributed by atoms with Gasteiger partial charge in [-0.05, 0) is 41.5 Å². The number of aryl methyl sites for hydroxylation is 1. The zero-order chi connectivity index (χ0) is 11.7. The van der Waals surface area contributed by atoms with E-state index in [2.05, 4.69) is 48.0 Å². The molecule has 1 atom stereocenters. The summed E-state index contributed by atoms with van der Waals surface area (Å²) in [6, 6.07) is 11.2. The van der Waals surface area contributed by atoms with Crippen molar-refractivity contribution in [3.8, 4) is 0 Å². The van der Waals surface area contributed by atoms with Gasteiger partial charge in [-0.25, -0.2) is 0 Å². The molecule has 0 saturated heterocycles. The van der Waals surface area contributed by atoms with Gasteiger partial charge in [-0.3, -0.25) is 0 Å². The standard InChI is InChI=1S/C15H17NS/c1-2-11-5-6-14-12(8-11)9-13(10-16-14)15-4-3-7-17-15/h3-8,13,16H,2,9-10H2,1H3. The van der Waals surface area contributed by atoms with Crippen LogP contribution in [0.2, 0.25) is 0 Å². The second kappa shape index (κ2) is 4.53. The first-order valence-electron chi connectivity index (χ1n) is 6.26. The number of anilines is 1. The van der Waals surface area contributed by atoms with Gasteiger partial charge in [0.05, 0.1) is 0 Å². The lowest BCUT2D eigenvalue weighted by atomic mass is 9.91. The molecule has 17 heavy (non-hydrogen) atoms. The third kappa shape index (κ3) is 2.09. The number of benzene rings is 1. The predicted molar refractivity (Wildman–Crippen MR) is 75.1 cm³/mol. The molecule has 1 N–H and O–H groups in total. The monoisotopic (exact) mass is 243 g/mol. The van der Waals surface area contributed by atoms with Crippen molar-refractivity contribution in [2.45, 2.75) is 25.7 Å². The fourth-order valence-corrected chi connectivity index (χ4v) is 3.33. The van der Waals surface area contributed by atoms with Crippen LogP contribution < -0.4 is 5.32 Å². The van der Waals surface area contributed by atoms with E-state index < -0.39 is 0 Å². The Kier molecular flexibility index (Phi) is 2.89. The maximum Gasteiger partial charge on any atom is 0.0373 e. The highest BCUT2D eigenvalue weighted by atomic mass is 32.1. The number of hydrogen-bond donors (Lipinski definition) is 1. The van der Waals surface area contributed by atoms with Crippen LogP contribution in [-0.4, -0.2) is 6.54 Å². The van der Waals surface area contributed by atoms with Crippen LogP contribution in [0.5, 0.6) is 0 Å². The van der Waals surface area contributed by atoms with Gasteiger partial charge in [-0.1, -0.05) is 25.1 Å². The smallest absolute Gasteiger partial charge is 0.0373 e. The lowest BCUT2D eigenvalue weighted by molar-refractivity contribution is 0.706. The highest BCUT2D eigenvalue weighted by Gasteiger charge is 2.20. The zero-order valence-corrected chi connectivity index (χ0v) is 10.9. The van der Waals surface area contributed by atoms with Gasteiger partial charge in [0.15, 0.2) is 0 Å². The molecule has 0 amide bonds. The van der Waals surface area contributed by atoms with Crippen LogP contribution in [0, 0.1) is 0 Å². The Morgan fingerprint density at radius 1 is 1.35 bits per heavy atom. The van der Waals surface area contributed by atoms with Crippen molar-refractivity contribution < 1.29 is 0 Å². The molecule has 0 bridgehead atoms. The van der Waals surface area contributed by atoms with Crippen LogP contribution in [0.3, 0.4) is 0 Å². The van der Waals surface area contributed by atoms with Crippen molar-refractivity contribution in [1.82, 2.24) is 0 Å². The van der Waals surface area contributed by atoms with Gasteiger partial charge in [-0.15, -0.1) is 11.3 Å². The van der Waals surface area contributed by atoms with Gasteiger partial charge < -0.3 is 5.32 Å². The molecule has 0 aliphatic carbocycles. The Bertz CT molecular complexity index is 502. The molecule has 2 aromatic rings. The Morgan fingerprint density at radius 2 is 2.29 bits per heavy atom. The van der Waals surface area contributed by atoms with Gasteiger partial charge in [0, 0.05) is 23.0 Å². The van der Waals surface area contributed by atoms with Gasteiger partial charge in [-0.2, -0.15) is 0 Å². The number of hydrogen-bond acceptors (Lipinski definition) is 2. The van der Waals surface area contributed by atoms with Crippen LogP contribution in [0.4, 0.5) is 5.69 Å². The number of fused-ring (bicyclic) bond motifs is 1. The van der Waals surface area contributed by atoms with Crippen molar-refractivity contribution in [3.05, 3.63) is 51.7 Å². The largest absolute Gasteiger partial charge is 0.384 e. The molecular weight excluding hydrogens is 226 g/mol. The molecular formula is C15H17NS. The molecule has 3 rings (SSSR count). The molecule has 1 nitrogen and oxygen atoms in total. The van der Waals surface area contributed by atoms with E-state index in [0.717, 1.165) is 13.0 Å². The van der Waals surface area contributed by atoms with Gasteiger partial charge >= 0.3 is 0 Å². The highest BCUT2D eigenvalue weighted by molar-refractivity contribution is 7.10. The van der Waals surface area contributed by atoms with Crippen molar-refractivity contribution in [1.29, 1.82) is 0 Å². The van der Waals surface area contributed by atoms with Crippen LogP contribution >= 0.6 is 11.3 Å². The van der Waals surface area contributed by atoms with Gasteiger partial charge in [0.25, 0.3) is 0 Å². The molecule has 2 heteroatoms. The molecule has 0 saturated carbocycles. The van der Waals surface area contributed by atoms with E-state index in [9.17, 15) is 0 Å². The van der Waals surface area contributed by atoms with Crippen molar-refractivity contribution in [2.24, 2.45) is 0 Å². The molecule has 0 radical (unpaired) electrons. The fourth-order valence-electron chi connectivity index (χ4n) is 2.50. The molecule has 1 aliphatic rings. The van der Waals surface area contributed by atoms with Crippen LogP contribution in [0.15, 0.2) is 35.7 Å². The topological polar surface area (TPSA) is 12.0 Å². The van der Waals surface area contributed by atoms with E-state index >= 15 is 0 Å². The molecule has 88 valence electrons. The maximum absolute atomic E-state index is 3.56. The Labute approximate surface area is 106 Å². The summed E-state index contributed by atoms with van der Waals surface area (Å²) in [7, 11) is 0. The lowest BCUT2D eigenvalue weighted by Gasteiger charge is -2.26. The average Bonchev–Trinajstić information content (AvgIpc) is 2.91. The minimum atomic E-state index is 0.648. The average molecular weight is 243 g/mol. The summed E-state index contributed by atoms with van der Waals surface area (Å²) < 4.78 is 0. The zero-order valence-electron chi connectivity index (χ0n) is 10.1. The third-order valence-corrected chi connectivity index (χ3v) is 4.56. The van der Waals surface area contributed by atoms with E-state index in [-0.39, 0.29) is 0 Å². The summed E-state index contributed by atoms with van der Waals surface area (Å²) in [5, 5.41) is 5.73. The molecule has 1 aromatic heterocycles. The molecule has 0 spiro atoms. The molecule has 1 aliphatic heterocycles. The van der Waals surface area contributed by atoms with Gasteiger partial charge in [0.2, 0.25) is 0 Å². The first-order chi connectivity index (χ1) is 8.36. The second-order valence-corrected chi connectivity index (χ2v) is 5.62. The predicted octanol–water partition coefficient (Wildman–Crippen LogP) is 4.06. The minimum absolute atomic E-state index is 0.648. The van der Waals surface area contributed by atoms with Gasteiger partial charge in [0.1, 0.15) is 0 Å². The summed E-state index contributed by atoms with van der Waals surface area (Å²) >= 11 is 1.87. The van der Waals surface area contributed by atoms with E-state index in [1.54, 1.807) is 0 Å². The SMILES string of the molecule is CCc1ccc2c(c1)CC(c1cccs1)CN2. The summed E-state index contributed by atoms with van der Waals surface area (Å²) in [5.74, 6) is 0.648. The summed E-state index contributed by atoms with van der Waals surface area (Å²) in [6.07, 6.45) is 2.30. The second-order valence-electron chi connectivity index (χ2n) is 4.64. The number of rotatable bonds is 2. The Hall–Kier alpha value is -1.28. The van der Waals surface area contributed by atoms with Crippen LogP contribution in [-0.2, 0) is 12.8 Å².